The number of nitrogens with one attached hydrogen (secondary N) is 1. The number of hydrogen-bond acceptors (Lipinski definition) is 4. The molecule has 0 bridgehead atoms. The molecule has 6 nitrogen and oxygen atoms in total. The molecule has 0 saturated carbocycles. The Balaban J connectivity index is 1.17. The molecule has 2 aromatic rings. The normalized spacial score (nSPS) is 16.6. The first-order valence-electron chi connectivity index (χ1n) is 14.5. The Kier molecular flexibility index (Phi) is 14.0. The molecule has 2 heterocycles. The second-order valence-electron chi connectivity index (χ2n) is 10.1. The number of rotatable bonds is 17. The zero-order chi connectivity index (χ0) is 27.7. The molecule has 8 heteroatoms. The number of esters is 1. The highest BCUT2D eigenvalue weighted by molar-refractivity contribution is 8.17. The number of thiol groups is 1. The molecule has 1 aromatic carbocycles. The second-order valence-corrected chi connectivity index (χ2v) is 12.3. The van der Waals surface area contributed by atoms with Gasteiger partial charge >= 0.3 is 12.1 Å². The van der Waals surface area contributed by atoms with Crippen molar-refractivity contribution in [3.8, 4) is 0 Å². The van der Waals surface area contributed by atoms with Gasteiger partial charge in [0.2, 0.25) is 6.79 Å². The van der Waals surface area contributed by atoms with Crippen LogP contribution in [0.3, 0.4) is 0 Å². The molecule has 1 fully saturated rings. The van der Waals surface area contributed by atoms with E-state index in [9.17, 15) is 14.0 Å². The Morgan fingerprint density at radius 3 is 2.54 bits per heavy atom. The fourth-order valence-electron chi connectivity index (χ4n) is 4.66. The third-order valence-corrected chi connectivity index (χ3v) is 9.41. The van der Waals surface area contributed by atoms with Crippen LogP contribution >= 0.6 is 10.9 Å². The molecule has 1 atom stereocenters. The Labute approximate surface area is 235 Å². The van der Waals surface area contributed by atoms with Gasteiger partial charge in [0.05, 0.1) is 5.88 Å². The predicted molar refractivity (Wildman–Crippen MR) is 159 cm³/mol. The van der Waals surface area contributed by atoms with E-state index in [4.69, 9.17) is 9.47 Å². The lowest BCUT2D eigenvalue weighted by Gasteiger charge is -2.17. The molecule has 1 N–H and O–H groups in total. The van der Waals surface area contributed by atoms with Gasteiger partial charge in [-0.2, -0.15) is 0 Å². The second kappa shape index (κ2) is 17.8. The summed E-state index contributed by atoms with van der Waals surface area (Å²) in [6.07, 6.45) is 23.3. The van der Waals surface area contributed by atoms with Crippen LogP contribution in [-0.2, 0) is 14.3 Å². The number of carbonyl (C=O) groups is 2. The van der Waals surface area contributed by atoms with Crippen LogP contribution in [0.5, 0.6) is 0 Å². The van der Waals surface area contributed by atoms with Crippen LogP contribution in [0.4, 0.5) is 9.18 Å². The predicted octanol–water partition coefficient (Wildman–Crippen LogP) is 8.39. The third kappa shape index (κ3) is 11.1. The standard InChI is InChI=1S/C31H45FN2O4S/c1-2-3-4-5-6-7-8-9-10-11-12-13-14-15-16-17-30(35)37-25-38-31(36)34-20-21-39(24-34)29-23-33-28-19-18-26(32)22-27(28)29/h6-7,9-10,18-19,22-23,33,39H,2-5,8,11-17,20-21,24-25H2,1H3/b7-6-,10-9-. The summed E-state index contributed by atoms with van der Waals surface area (Å²) < 4.78 is 24.0. The minimum atomic E-state index is -0.624. The van der Waals surface area contributed by atoms with Gasteiger partial charge in [0, 0.05) is 35.0 Å². The van der Waals surface area contributed by atoms with Crippen LogP contribution in [0, 0.1) is 5.82 Å². The lowest BCUT2D eigenvalue weighted by Crippen LogP contribution is -2.29. The minimum Gasteiger partial charge on any atom is -0.428 e. The van der Waals surface area contributed by atoms with Crippen molar-refractivity contribution in [2.24, 2.45) is 0 Å². The number of carbonyl (C=O) groups excluding carboxylic acids is 2. The SMILES string of the molecule is CCCCC/C=C\C/C=C\CCCCCCCC(=O)OCOC(=O)N1CC[SH](c2c[nH]c3ccc(F)cc23)C1. The minimum absolute atomic E-state index is 0.268. The first-order chi connectivity index (χ1) is 19.1. The molecule has 1 unspecified atom stereocenters. The van der Waals surface area contributed by atoms with Crippen LogP contribution < -0.4 is 0 Å². The van der Waals surface area contributed by atoms with E-state index in [0.29, 0.717) is 18.8 Å². The van der Waals surface area contributed by atoms with Crippen molar-refractivity contribution < 1.29 is 23.5 Å². The van der Waals surface area contributed by atoms with Gasteiger partial charge in [0.25, 0.3) is 0 Å². The average molecular weight is 561 g/mol. The molecule has 1 saturated heterocycles. The first-order valence-corrected chi connectivity index (χ1v) is 16.2. The Hall–Kier alpha value is -2.74. The Bertz CT molecular complexity index is 1080. The van der Waals surface area contributed by atoms with Gasteiger partial charge in [-0.1, -0.05) is 63.3 Å². The summed E-state index contributed by atoms with van der Waals surface area (Å²) in [5.74, 6) is 0.784. The summed E-state index contributed by atoms with van der Waals surface area (Å²) in [6.45, 7) is 2.45. The van der Waals surface area contributed by atoms with E-state index in [1.165, 1.54) is 44.2 Å². The number of aromatic nitrogens is 1. The van der Waals surface area contributed by atoms with Gasteiger partial charge in [-0.25, -0.2) is 20.1 Å². The maximum absolute atomic E-state index is 13.7. The topological polar surface area (TPSA) is 71.6 Å². The summed E-state index contributed by atoms with van der Waals surface area (Å²) >= 11 is 0. The third-order valence-electron chi connectivity index (χ3n) is 6.94. The maximum atomic E-state index is 13.7. The van der Waals surface area contributed by atoms with E-state index < -0.39 is 17.0 Å². The number of nitrogens with zero attached hydrogens (tertiary/aromatic N) is 1. The van der Waals surface area contributed by atoms with Gasteiger partial charge in [0.1, 0.15) is 5.82 Å². The van der Waals surface area contributed by atoms with Crippen molar-refractivity contribution in [1.29, 1.82) is 0 Å². The highest BCUT2D eigenvalue weighted by atomic mass is 32.2. The van der Waals surface area contributed by atoms with Crippen LogP contribution in [0.1, 0.15) is 84.0 Å². The average Bonchev–Trinajstić information content (AvgIpc) is 3.58. The zero-order valence-corrected chi connectivity index (χ0v) is 24.2. The Morgan fingerprint density at radius 1 is 1.00 bits per heavy atom. The van der Waals surface area contributed by atoms with Crippen LogP contribution in [0.2, 0.25) is 0 Å². The van der Waals surface area contributed by atoms with Gasteiger partial charge in [-0.3, -0.25) is 9.69 Å². The molecule has 1 aromatic heterocycles. The lowest BCUT2D eigenvalue weighted by molar-refractivity contribution is -0.152. The molecule has 0 radical (unpaired) electrons. The molecule has 0 aliphatic carbocycles. The van der Waals surface area contributed by atoms with Crippen molar-refractivity contribution in [3.05, 3.63) is 54.5 Å². The molecular weight excluding hydrogens is 515 g/mol. The molecule has 216 valence electrons. The number of unbranched alkanes of at least 4 members (excludes halogenated alkanes) is 8. The van der Waals surface area contributed by atoms with E-state index in [2.05, 4.69) is 36.2 Å². The van der Waals surface area contributed by atoms with Crippen molar-refractivity contribution >= 4 is 33.9 Å². The van der Waals surface area contributed by atoms with Crippen molar-refractivity contribution in [3.63, 3.8) is 0 Å². The van der Waals surface area contributed by atoms with Crippen molar-refractivity contribution in [1.82, 2.24) is 9.88 Å². The molecule has 1 aliphatic rings. The quantitative estimate of drug-likeness (QED) is 0.0670. The van der Waals surface area contributed by atoms with E-state index in [1.807, 2.05) is 6.20 Å². The van der Waals surface area contributed by atoms with Gasteiger partial charge < -0.3 is 14.5 Å². The number of allylic oxidation sites excluding steroid dienone is 4. The molecule has 1 aliphatic heterocycles. The Morgan fingerprint density at radius 2 is 1.74 bits per heavy atom. The maximum Gasteiger partial charge on any atom is 0.413 e. The van der Waals surface area contributed by atoms with E-state index in [0.717, 1.165) is 60.1 Å². The van der Waals surface area contributed by atoms with Gasteiger partial charge in [-0.15, -0.1) is 0 Å². The van der Waals surface area contributed by atoms with Gasteiger partial charge in [0.15, 0.2) is 0 Å². The molecule has 39 heavy (non-hydrogen) atoms. The first kappa shape index (κ1) is 30.8. The summed E-state index contributed by atoms with van der Waals surface area (Å²) in [7, 11) is -0.624. The van der Waals surface area contributed by atoms with Crippen LogP contribution in [-0.4, -0.2) is 46.9 Å². The van der Waals surface area contributed by atoms with Crippen LogP contribution in [0.15, 0.2) is 53.6 Å². The fourth-order valence-corrected chi connectivity index (χ4v) is 7.12. The lowest BCUT2D eigenvalue weighted by atomic mass is 10.1. The monoisotopic (exact) mass is 560 g/mol. The summed E-state index contributed by atoms with van der Waals surface area (Å²) in [5.41, 5.74) is 0.894. The van der Waals surface area contributed by atoms with Crippen molar-refractivity contribution in [2.45, 2.75) is 88.9 Å². The van der Waals surface area contributed by atoms with Crippen LogP contribution in [0.25, 0.3) is 10.9 Å². The highest BCUT2D eigenvalue weighted by Gasteiger charge is 2.27. The zero-order valence-electron chi connectivity index (χ0n) is 23.3. The van der Waals surface area contributed by atoms with Gasteiger partial charge in [-0.05, 0) is 62.5 Å². The molecular formula is C31H45FN2O4S. The summed E-state index contributed by atoms with van der Waals surface area (Å²) in [4.78, 5) is 30.3. The van der Waals surface area contributed by atoms with Crippen molar-refractivity contribution in [2.75, 3.05) is 25.0 Å². The molecule has 3 rings (SSSR count). The smallest absolute Gasteiger partial charge is 0.413 e. The molecule has 0 spiro atoms. The summed E-state index contributed by atoms with van der Waals surface area (Å²) in [6, 6.07) is 4.71. The number of halogens is 1. The highest BCUT2D eigenvalue weighted by Crippen LogP contribution is 2.44. The molecule has 1 amide bonds. The van der Waals surface area contributed by atoms with E-state index >= 15 is 0 Å². The number of fused-ring (bicyclic) bond motifs is 1. The number of aromatic amines is 1. The number of hydrogen-bond donors (Lipinski definition) is 2. The number of ether oxygens (including phenoxy) is 2. The number of H-pyrrole nitrogens is 1. The summed E-state index contributed by atoms with van der Waals surface area (Å²) in [5, 5.41) is 0.874. The number of benzene rings is 1. The van der Waals surface area contributed by atoms with E-state index in [1.54, 1.807) is 11.0 Å². The largest absolute Gasteiger partial charge is 0.428 e. The number of amides is 1. The van der Waals surface area contributed by atoms with E-state index in [-0.39, 0.29) is 18.6 Å². The fraction of sp³-hybridized carbons (Fsp3) is 0.548.